The summed E-state index contributed by atoms with van der Waals surface area (Å²) in [5.41, 5.74) is 5.33. The minimum Gasteiger partial charge on any atom is -0.481 e. The number of fused-ring (bicyclic) bond motifs is 1. The first-order chi connectivity index (χ1) is 12.0. The molecule has 0 atom stereocenters. The van der Waals surface area contributed by atoms with Crippen molar-refractivity contribution < 1.29 is 14.7 Å². The number of hydrogen-bond acceptors (Lipinski definition) is 2. The summed E-state index contributed by atoms with van der Waals surface area (Å²) in [6.07, 6.45) is 1.92. The lowest BCUT2D eigenvalue weighted by atomic mass is 10.0. The highest BCUT2D eigenvalue weighted by atomic mass is 16.4. The van der Waals surface area contributed by atoms with E-state index in [-0.39, 0.29) is 18.6 Å². The van der Waals surface area contributed by atoms with E-state index in [2.05, 4.69) is 36.6 Å². The molecule has 128 valence electrons. The Bertz CT molecular complexity index is 933. The minimum atomic E-state index is -0.951. The van der Waals surface area contributed by atoms with Gasteiger partial charge in [0.05, 0.1) is 6.42 Å². The second-order valence-corrected chi connectivity index (χ2v) is 6.40. The van der Waals surface area contributed by atoms with Crippen molar-refractivity contribution in [2.75, 3.05) is 0 Å². The summed E-state index contributed by atoms with van der Waals surface area (Å²) < 4.78 is 2.14. The molecule has 4 nitrogen and oxygen atoms in total. The van der Waals surface area contributed by atoms with E-state index in [0.29, 0.717) is 5.56 Å². The quantitative estimate of drug-likeness (QED) is 0.681. The van der Waals surface area contributed by atoms with Gasteiger partial charge in [-0.2, -0.15) is 0 Å². The van der Waals surface area contributed by atoms with Crippen LogP contribution in [0.4, 0.5) is 0 Å². The van der Waals surface area contributed by atoms with Gasteiger partial charge in [0.25, 0.3) is 0 Å². The van der Waals surface area contributed by atoms with Crippen molar-refractivity contribution in [1.82, 2.24) is 4.57 Å². The Balaban J connectivity index is 1.93. The first-order valence-corrected chi connectivity index (χ1v) is 8.34. The van der Waals surface area contributed by atoms with Crippen LogP contribution < -0.4 is 0 Å². The fourth-order valence-corrected chi connectivity index (χ4v) is 3.13. The monoisotopic (exact) mass is 335 g/mol. The van der Waals surface area contributed by atoms with Crippen molar-refractivity contribution in [3.8, 4) is 0 Å². The molecule has 0 bridgehead atoms. The molecule has 0 saturated heterocycles. The number of nitrogens with zero attached hydrogens (tertiary/aromatic N) is 1. The molecule has 25 heavy (non-hydrogen) atoms. The Labute approximate surface area is 146 Å². The van der Waals surface area contributed by atoms with Crippen molar-refractivity contribution in [3.63, 3.8) is 0 Å². The molecule has 1 N–H and O–H groups in total. The Kier molecular flexibility index (Phi) is 4.70. The minimum absolute atomic E-state index is 0.0262. The van der Waals surface area contributed by atoms with Gasteiger partial charge in [0.1, 0.15) is 0 Å². The van der Waals surface area contributed by atoms with Gasteiger partial charge in [0, 0.05) is 30.2 Å². The summed E-state index contributed by atoms with van der Waals surface area (Å²) in [5.74, 6) is -1.09. The number of carbonyl (C=O) groups excluding carboxylic acids is 1. The number of carboxylic acid groups (broad SMARTS) is 1. The Morgan fingerprint density at radius 2 is 1.72 bits per heavy atom. The molecular formula is C21H21NO3. The molecular weight excluding hydrogens is 314 g/mol. The van der Waals surface area contributed by atoms with E-state index in [0.717, 1.165) is 17.4 Å². The molecule has 4 heteroatoms. The van der Waals surface area contributed by atoms with Gasteiger partial charge in [-0.1, -0.05) is 30.3 Å². The zero-order chi connectivity index (χ0) is 18.0. The van der Waals surface area contributed by atoms with Crippen LogP contribution in [-0.2, 0) is 11.3 Å². The van der Waals surface area contributed by atoms with Gasteiger partial charge >= 0.3 is 5.97 Å². The summed E-state index contributed by atoms with van der Waals surface area (Å²) in [6.45, 7) is 4.96. The number of carbonyl (C=O) groups is 2. The van der Waals surface area contributed by atoms with Crippen LogP contribution >= 0.6 is 0 Å². The number of hydrogen-bond donors (Lipinski definition) is 1. The number of benzene rings is 2. The van der Waals surface area contributed by atoms with Crippen molar-refractivity contribution in [3.05, 3.63) is 70.9 Å². The lowest BCUT2D eigenvalue weighted by Gasteiger charge is -2.12. The van der Waals surface area contributed by atoms with Crippen LogP contribution in [0.15, 0.2) is 48.7 Å². The molecule has 1 aromatic heterocycles. The van der Waals surface area contributed by atoms with Crippen molar-refractivity contribution in [2.24, 2.45) is 0 Å². The summed E-state index contributed by atoms with van der Waals surface area (Å²) in [4.78, 5) is 22.9. The molecule has 0 aliphatic carbocycles. The molecule has 0 amide bonds. The molecule has 0 aliphatic rings. The zero-order valence-corrected chi connectivity index (χ0v) is 14.5. The lowest BCUT2D eigenvalue weighted by Crippen LogP contribution is -2.05. The molecule has 0 fully saturated rings. The molecule has 3 rings (SSSR count). The van der Waals surface area contributed by atoms with Crippen LogP contribution in [0.5, 0.6) is 0 Å². The van der Waals surface area contributed by atoms with E-state index in [9.17, 15) is 9.59 Å². The second-order valence-electron chi connectivity index (χ2n) is 6.40. The number of carboxylic acids is 1. The van der Waals surface area contributed by atoms with E-state index < -0.39 is 5.97 Å². The number of Topliss-reactive ketones (excluding diaryl/α,β-unsaturated/α-hetero) is 1. The Morgan fingerprint density at radius 3 is 2.40 bits per heavy atom. The Morgan fingerprint density at radius 1 is 1.00 bits per heavy atom. The van der Waals surface area contributed by atoms with Crippen LogP contribution in [0.25, 0.3) is 10.9 Å². The third kappa shape index (κ3) is 3.63. The van der Waals surface area contributed by atoms with Crippen LogP contribution in [0, 0.1) is 13.8 Å². The average molecular weight is 335 g/mol. The first-order valence-electron chi connectivity index (χ1n) is 8.34. The van der Waals surface area contributed by atoms with Gasteiger partial charge in [0.2, 0.25) is 0 Å². The van der Waals surface area contributed by atoms with Gasteiger partial charge in [-0.05, 0) is 48.1 Å². The second kappa shape index (κ2) is 6.93. The normalized spacial score (nSPS) is 11.0. The first kappa shape index (κ1) is 17.0. The average Bonchev–Trinajstić information content (AvgIpc) is 2.98. The van der Waals surface area contributed by atoms with E-state index in [1.165, 1.54) is 16.7 Å². The fourth-order valence-electron chi connectivity index (χ4n) is 3.13. The van der Waals surface area contributed by atoms with Crippen LogP contribution in [-0.4, -0.2) is 21.4 Å². The molecule has 0 unspecified atom stereocenters. The maximum absolute atomic E-state index is 12.2. The highest BCUT2D eigenvalue weighted by molar-refractivity contribution is 6.00. The number of ketones is 1. The van der Waals surface area contributed by atoms with Crippen LogP contribution in [0.1, 0.15) is 39.9 Å². The zero-order valence-electron chi connectivity index (χ0n) is 14.5. The molecule has 0 spiro atoms. The molecule has 0 saturated carbocycles. The summed E-state index contributed by atoms with van der Waals surface area (Å²) >= 11 is 0. The lowest BCUT2D eigenvalue weighted by molar-refractivity contribution is -0.136. The maximum atomic E-state index is 12.2. The van der Waals surface area contributed by atoms with Crippen LogP contribution in [0.2, 0.25) is 0 Å². The highest BCUT2D eigenvalue weighted by Crippen LogP contribution is 2.22. The van der Waals surface area contributed by atoms with Gasteiger partial charge in [-0.3, -0.25) is 9.59 Å². The highest BCUT2D eigenvalue weighted by Gasteiger charge is 2.11. The fraction of sp³-hybridized carbons (Fsp3) is 0.238. The number of rotatable bonds is 6. The Hall–Kier alpha value is -2.88. The molecule has 3 aromatic rings. The smallest absolute Gasteiger partial charge is 0.303 e. The topological polar surface area (TPSA) is 59.3 Å². The third-order valence-electron chi connectivity index (χ3n) is 4.63. The molecule has 1 heterocycles. The summed E-state index contributed by atoms with van der Waals surface area (Å²) in [7, 11) is 0. The third-order valence-corrected chi connectivity index (χ3v) is 4.63. The van der Waals surface area contributed by atoms with Crippen molar-refractivity contribution in [2.45, 2.75) is 33.2 Å². The van der Waals surface area contributed by atoms with E-state index >= 15 is 0 Å². The largest absolute Gasteiger partial charge is 0.481 e. The van der Waals surface area contributed by atoms with Gasteiger partial charge in [-0.15, -0.1) is 0 Å². The predicted octanol–water partition coefficient (Wildman–Crippen LogP) is 4.35. The van der Waals surface area contributed by atoms with E-state index in [1.54, 1.807) is 6.07 Å². The molecule has 2 aromatic carbocycles. The SMILES string of the molecule is Cc1cccc(C)c1Cn1ccc2ccc(C(=O)CCC(=O)O)cc21. The summed E-state index contributed by atoms with van der Waals surface area (Å²) in [5, 5.41) is 9.82. The molecule has 0 radical (unpaired) electrons. The van der Waals surface area contributed by atoms with E-state index in [1.807, 2.05) is 24.4 Å². The number of aryl methyl sites for hydroxylation is 2. The van der Waals surface area contributed by atoms with Crippen molar-refractivity contribution in [1.29, 1.82) is 0 Å². The number of aromatic nitrogens is 1. The van der Waals surface area contributed by atoms with Gasteiger partial charge in [-0.25, -0.2) is 0 Å². The molecule has 0 aliphatic heterocycles. The van der Waals surface area contributed by atoms with E-state index in [4.69, 9.17) is 5.11 Å². The number of aliphatic carboxylic acids is 1. The van der Waals surface area contributed by atoms with Crippen molar-refractivity contribution >= 4 is 22.7 Å². The predicted molar refractivity (Wildman–Crippen MR) is 98.2 cm³/mol. The standard InChI is InChI=1S/C21H21NO3/c1-14-4-3-5-15(2)18(14)13-22-11-10-16-6-7-17(12-19(16)22)20(23)8-9-21(24)25/h3-7,10-12H,8-9,13H2,1-2H3,(H,24,25). The van der Waals surface area contributed by atoms with Gasteiger partial charge < -0.3 is 9.67 Å². The van der Waals surface area contributed by atoms with Crippen LogP contribution in [0.3, 0.4) is 0 Å². The maximum Gasteiger partial charge on any atom is 0.303 e. The summed E-state index contributed by atoms with van der Waals surface area (Å²) in [6, 6.07) is 13.9. The van der Waals surface area contributed by atoms with Gasteiger partial charge in [0.15, 0.2) is 5.78 Å².